The fourth-order valence-electron chi connectivity index (χ4n) is 3.59. The van der Waals surface area contributed by atoms with Crippen LogP contribution >= 0.6 is 11.6 Å². The molecule has 0 saturated heterocycles. The van der Waals surface area contributed by atoms with Gasteiger partial charge in [-0.25, -0.2) is 0 Å². The van der Waals surface area contributed by atoms with Gasteiger partial charge in [-0.15, -0.1) is 0 Å². The van der Waals surface area contributed by atoms with E-state index < -0.39 is 18.0 Å². The molecule has 0 radical (unpaired) electrons. The van der Waals surface area contributed by atoms with Crippen molar-refractivity contribution in [1.29, 1.82) is 0 Å². The minimum absolute atomic E-state index is 0.0323. The first kappa shape index (κ1) is 25.1. The molecule has 1 amide bonds. The first-order valence-corrected chi connectivity index (χ1v) is 11.0. The summed E-state index contributed by atoms with van der Waals surface area (Å²) < 4.78 is 48.6. The van der Waals surface area contributed by atoms with Crippen molar-refractivity contribution in [2.45, 2.75) is 50.2 Å². The summed E-state index contributed by atoms with van der Waals surface area (Å²) in [6, 6.07) is 11.2. The molecule has 0 bridgehead atoms. The fourth-order valence-corrected chi connectivity index (χ4v) is 3.71. The predicted molar refractivity (Wildman–Crippen MR) is 117 cm³/mol. The van der Waals surface area contributed by atoms with Gasteiger partial charge in [0.1, 0.15) is 24.3 Å². The number of halogens is 4. The molecule has 0 aliphatic heterocycles. The molecule has 1 aliphatic rings. The van der Waals surface area contributed by atoms with Gasteiger partial charge in [-0.3, -0.25) is 10.1 Å². The maximum atomic E-state index is 12.6. The van der Waals surface area contributed by atoms with E-state index in [1.165, 1.54) is 12.1 Å². The van der Waals surface area contributed by atoms with E-state index >= 15 is 0 Å². The third-order valence-corrected chi connectivity index (χ3v) is 5.55. The van der Waals surface area contributed by atoms with Crippen LogP contribution in [0.4, 0.5) is 13.2 Å². The molecular weight excluding hydrogens is 461 g/mol. The minimum Gasteiger partial charge on any atom is -0.489 e. The average Bonchev–Trinajstić information content (AvgIpc) is 2.78. The van der Waals surface area contributed by atoms with Gasteiger partial charge in [-0.2, -0.15) is 13.2 Å². The SMILES string of the molecule is O=C(COc1ccc(Cl)cc1)NC1CCC(NC(O)COc2ccc(C(F)(F)F)cc2)CC1. The summed E-state index contributed by atoms with van der Waals surface area (Å²) in [5.41, 5.74) is -0.756. The molecule has 0 spiro atoms. The lowest BCUT2D eigenvalue weighted by molar-refractivity contribution is -0.137. The van der Waals surface area contributed by atoms with Gasteiger partial charge < -0.3 is 19.9 Å². The summed E-state index contributed by atoms with van der Waals surface area (Å²) in [4.78, 5) is 12.1. The maximum Gasteiger partial charge on any atom is 0.416 e. The molecule has 0 heterocycles. The first-order chi connectivity index (χ1) is 15.7. The molecule has 1 aliphatic carbocycles. The number of amides is 1. The average molecular weight is 487 g/mol. The van der Waals surface area contributed by atoms with Gasteiger partial charge in [0, 0.05) is 17.1 Å². The lowest BCUT2D eigenvalue weighted by atomic mass is 9.91. The molecule has 10 heteroatoms. The summed E-state index contributed by atoms with van der Waals surface area (Å²) in [6.07, 6.45) is -2.37. The molecule has 2 aromatic rings. The molecule has 1 saturated carbocycles. The second-order valence-electron chi connectivity index (χ2n) is 7.87. The Morgan fingerprint density at radius 2 is 1.52 bits per heavy atom. The number of alkyl halides is 3. The monoisotopic (exact) mass is 486 g/mol. The normalized spacial score (nSPS) is 19.5. The van der Waals surface area contributed by atoms with E-state index in [1.807, 2.05) is 0 Å². The highest BCUT2D eigenvalue weighted by Crippen LogP contribution is 2.30. The lowest BCUT2D eigenvalue weighted by Crippen LogP contribution is -2.47. The van der Waals surface area contributed by atoms with Crippen LogP contribution in [0, 0.1) is 0 Å². The van der Waals surface area contributed by atoms with Crippen LogP contribution in [0.2, 0.25) is 5.02 Å². The van der Waals surface area contributed by atoms with Gasteiger partial charge in [0.05, 0.1) is 5.56 Å². The number of carbonyl (C=O) groups is 1. The largest absolute Gasteiger partial charge is 0.489 e. The van der Waals surface area contributed by atoms with Crippen molar-refractivity contribution in [2.75, 3.05) is 13.2 Å². The summed E-state index contributed by atoms with van der Waals surface area (Å²) >= 11 is 5.81. The molecule has 33 heavy (non-hydrogen) atoms. The zero-order valence-corrected chi connectivity index (χ0v) is 18.5. The van der Waals surface area contributed by atoms with Gasteiger partial charge in [0.15, 0.2) is 6.61 Å². The summed E-state index contributed by atoms with van der Waals surface area (Å²) in [5, 5.41) is 16.7. The van der Waals surface area contributed by atoms with E-state index in [2.05, 4.69) is 10.6 Å². The summed E-state index contributed by atoms with van der Waals surface area (Å²) in [6.45, 7) is -0.177. The number of nitrogens with one attached hydrogen (secondary N) is 2. The van der Waals surface area contributed by atoms with Crippen molar-refractivity contribution in [3.8, 4) is 11.5 Å². The molecule has 1 unspecified atom stereocenters. The first-order valence-electron chi connectivity index (χ1n) is 10.6. The zero-order chi connectivity index (χ0) is 23.8. The highest BCUT2D eigenvalue weighted by Gasteiger charge is 2.30. The Hall–Kier alpha value is -2.49. The molecule has 180 valence electrons. The standard InChI is InChI=1S/C23H26ClF3N2O4/c24-16-3-11-20(12-4-16)33-14-22(31)29-18-7-5-17(6-8-18)28-21(30)13-32-19-9-1-15(2-10-19)23(25,26)27/h1-4,9-12,17-18,21,28,30H,5-8,13-14H2,(H,29,31). The zero-order valence-electron chi connectivity index (χ0n) is 17.8. The number of ether oxygens (including phenoxy) is 2. The van der Waals surface area contributed by atoms with Crippen molar-refractivity contribution < 1.29 is 32.5 Å². The van der Waals surface area contributed by atoms with Crippen molar-refractivity contribution in [3.63, 3.8) is 0 Å². The maximum absolute atomic E-state index is 12.6. The van der Waals surface area contributed by atoms with Crippen LogP contribution in [0.5, 0.6) is 11.5 Å². The highest BCUT2D eigenvalue weighted by atomic mass is 35.5. The topological polar surface area (TPSA) is 79.8 Å². The van der Waals surface area contributed by atoms with Gasteiger partial charge in [0.25, 0.3) is 5.91 Å². The number of rotatable bonds is 9. The Bertz CT molecular complexity index is 886. The third kappa shape index (κ3) is 8.42. The van der Waals surface area contributed by atoms with E-state index in [-0.39, 0.29) is 37.0 Å². The van der Waals surface area contributed by atoms with Crippen LogP contribution in [-0.4, -0.2) is 42.5 Å². The summed E-state index contributed by atoms with van der Waals surface area (Å²) in [7, 11) is 0. The third-order valence-electron chi connectivity index (χ3n) is 5.29. The van der Waals surface area contributed by atoms with Gasteiger partial charge in [-0.1, -0.05) is 11.6 Å². The Morgan fingerprint density at radius 1 is 0.970 bits per heavy atom. The van der Waals surface area contributed by atoms with Crippen molar-refractivity contribution in [2.24, 2.45) is 0 Å². The molecule has 1 fully saturated rings. The van der Waals surface area contributed by atoms with Crippen LogP contribution in [0.25, 0.3) is 0 Å². The van der Waals surface area contributed by atoms with Crippen LogP contribution in [0.15, 0.2) is 48.5 Å². The van der Waals surface area contributed by atoms with Gasteiger partial charge in [0.2, 0.25) is 0 Å². The molecule has 2 aromatic carbocycles. The Balaban J connectivity index is 1.31. The van der Waals surface area contributed by atoms with Gasteiger partial charge >= 0.3 is 6.18 Å². The van der Waals surface area contributed by atoms with E-state index in [9.17, 15) is 23.1 Å². The predicted octanol–water partition coefficient (Wildman–Crippen LogP) is 4.15. The number of carbonyl (C=O) groups excluding carboxylic acids is 1. The van der Waals surface area contributed by atoms with E-state index in [4.69, 9.17) is 21.1 Å². The second kappa shape index (κ2) is 11.6. The van der Waals surface area contributed by atoms with E-state index in [0.717, 1.165) is 37.8 Å². The molecule has 6 nitrogen and oxygen atoms in total. The van der Waals surface area contributed by atoms with Crippen molar-refractivity contribution >= 4 is 17.5 Å². The Labute approximate surface area is 195 Å². The van der Waals surface area contributed by atoms with Gasteiger partial charge in [-0.05, 0) is 74.2 Å². The Kier molecular flexibility index (Phi) is 8.82. The van der Waals surface area contributed by atoms with Crippen LogP contribution in [0.1, 0.15) is 31.2 Å². The van der Waals surface area contributed by atoms with Crippen LogP contribution < -0.4 is 20.1 Å². The fraction of sp³-hybridized carbons (Fsp3) is 0.435. The van der Waals surface area contributed by atoms with E-state index in [1.54, 1.807) is 24.3 Å². The second-order valence-corrected chi connectivity index (χ2v) is 8.31. The molecule has 3 rings (SSSR count). The number of hydrogen-bond acceptors (Lipinski definition) is 5. The summed E-state index contributed by atoms with van der Waals surface area (Å²) in [5.74, 6) is 0.609. The molecular formula is C23H26ClF3N2O4. The number of benzene rings is 2. The smallest absolute Gasteiger partial charge is 0.416 e. The van der Waals surface area contributed by atoms with Crippen molar-refractivity contribution in [3.05, 3.63) is 59.1 Å². The quantitative estimate of drug-likeness (QED) is 0.464. The number of aliphatic hydroxyl groups excluding tert-OH is 1. The molecule has 3 N–H and O–H groups in total. The lowest BCUT2D eigenvalue weighted by Gasteiger charge is -2.31. The van der Waals surface area contributed by atoms with Crippen LogP contribution in [-0.2, 0) is 11.0 Å². The Morgan fingerprint density at radius 3 is 2.12 bits per heavy atom. The van der Waals surface area contributed by atoms with Crippen LogP contribution in [0.3, 0.4) is 0 Å². The highest BCUT2D eigenvalue weighted by molar-refractivity contribution is 6.30. The number of aliphatic hydroxyl groups is 1. The van der Waals surface area contributed by atoms with Crippen molar-refractivity contribution in [1.82, 2.24) is 10.6 Å². The minimum atomic E-state index is -4.40. The molecule has 1 atom stereocenters. The molecule has 0 aromatic heterocycles. The van der Waals surface area contributed by atoms with E-state index in [0.29, 0.717) is 10.8 Å². The number of hydrogen-bond donors (Lipinski definition) is 3.